The predicted octanol–water partition coefficient (Wildman–Crippen LogP) is 1.05. The molecule has 0 aliphatic carbocycles. The summed E-state index contributed by atoms with van der Waals surface area (Å²) >= 11 is 5.66. The van der Waals surface area contributed by atoms with Crippen LogP contribution in [-0.2, 0) is 9.53 Å². The number of hydrogen-bond acceptors (Lipinski definition) is 4. The fourth-order valence-corrected chi connectivity index (χ4v) is 1.87. The van der Waals surface area contributed by atoms with E-state index in [1.54, 1.807) is 19.2 Å². The highest BCUT2D eigenvalue weighted by atomic mass is 35.5. The van der Waals surface area contributed by atoms with Gasteiger partial charge in [0.1, 0.15) is 5.15 Å². The standard InChI is InChI=1S/C11H14ClN3O2/c1-17-8-4-9(13-6-8)11(16)15-7-2-3-10(12)14-5-7/h2-3,5,8-9,13H,4,6H2,1H3,(H,15,16). The number of nitrogens with one attached hydrogen (secondary N) is 2. The van der Waals surface area contributed by atoms with Gasteiger partial charge in [0.15, 0.2) is 0 Å². The summed E-state index contributed by atoms with van der Waals surface area (Å²) in [5, 5.41) is 6.29. The predicted molar refractivity (Wildman–Crippen MR) is 65.1 cm³/mol. The normalized spacial score (nSPS) is 23.6. The van der Waals surface area contributed by atoms with Gasteiger partial charge in [0, 0.05) is 13.7 Å². The highest BCUT2D eigenvalue weighted by Crippen LogP contribution is 2.13. The molecule has 1 aromatic rings. The van der Waals surface area contributed by atoms with E-state index < -0.39 is 0 Å². The van der Waals surface area contributed by atoms with Crippen molar-refractivity contribution < 1.29 is 9.53 Å². The molecule has 0 saturated carbocycles. The highest BCUT2D eigenvalue weighted by Gasteiger charge is 2.29. The average Bonchev–Trinajstić information content (AvgIpc) is 2.81. The molecule has 1 aromatic heterocycles. The molecule has 17 heavy (non-hydrogen) atoms. The van der Waals surface area contributed by atoms with Crippen LogP contribution < -0.4 is 10.6 Å². The smallest absolute Gasteiger partial charge is 0.241 e. The Morgan fingerprint density at radius 2 is 2.47 bits per heavy atom. The summed E-state index contributed by atoms with van der Waals surface area (Å²) in [4.78, 5) is 15.8. The number of rotatable bonds is 3. The van der Waals surface area contributed by atoms with Gasteiger partial charge in [-0.15, -0.1) is 0 Å². The molecule has 1 amide bonds. The van der Waals surface area contributed by atoms with Crippen LogP contribution in [0.2, 0.25) is 5.15 Å². The quantitative estimate of drug-likeness (QED) is 0.793. The molecule has 2 N–H and O–H groups in total. The lowest BCUT2D eigenvalue weighted by molar-refractivity contribution is -0.118. The zero-order chi connectivity index (χ0) is 12.3. The summed E-state index contributed by atoms with van der Waals surface area (Å²) in [6.45, 7) is 0.702. The fourth-order valence-electron chi connectivity index (χ4n) is 1.76. The maximum Gasteiger partial charge on any atom is 0.241 e. The van der Waals surface area contributed by atoms with Crippen molar-refractivity contribution in [2.45, 2.75) is 18.6 Å². The number of methoxy groups -OCH3 is 1. The second-order valence-corrected chi connectivity index (χ2v) is 4.30. The summed E-state index contributed by atoms with van der Waals surface area (Å²) in [6, 6.07) is 3.14. The zero-order valence-corrected chi connectivity index (χ0v) is 10.2. The fraction of sp³-hybridized carbons (Fsp3) is 0.455. The van der Waals surface area contributed by atoms with Crippen LogP contribution in [-0.4, -0.2) is 36.7 Å². The summed E-state index contributed by atoms with van der Waals surface area (Å²) in [5.74, 6) is -0.0753. The maximum absolute atomic E-state index is 11.9. The molecule has 1 fully saturated rings. The van der Waals surface area contributed by atoms with Crippen molar-refractivity contribution in [2.75, 3.05) is 19.0 Å². The highest BCUT2D eigenvalue weighted by molar-refractivity contribution is 6.29. The molecule has 2 heterocycles. The lowest BCUT2D eigenvalue weighted by Crippen LogP contribution is -2.35. The SMILES string of the molecule is COC1CNC(C(=O)Nc2ccc(Cl)nc2)C1. The lowest BCUT2D eigenvalue weighted by atomic mass is 10.2. The Morgan fingerprint density at radius 1 is 1.65 bits per heavy atom. The molecule has 2 unspecified atom stereocenters. The molecule has 0 bridgehead atoms. The molecule has 92 valence electrons. The van der Waals surface area contributed by atoms with Crippen LogP contribution in [0.15, 0.2) is 18.3 Å². The van der Waals surface area contributed by atoms with Gasteiger partial charge < -0.3 is 15.4 Å². The van der Waals surface area contributed by atoms with Gasteiger partial charge in [-0.3, -0.25) is 4.79 Å². The van der Waals surface area contributed by atoms with E-state index in [-0.39, 0.29) is 18.1 Å². The van der Waals surface area contributed by atoms with E-state index in [0.29, 0.717) is 23.8 Å². The van der Waals surface area contributed by atoms with E-state index in [1.165, 1.54) is 6.20 Å². The minimum atomic E-state index is -0.212. The van der Waals surface area contributed by atoms with Gasteiger partial charge in [0.25, 0.3) is 0 Å². The minimum absolute atomic E-state index is 0.0753. The second-order valence-electron chi connectivity index (χ2n) is 3.91. The van der Waals surface area contributed by atoms with E-state index in [9.17, 15) is 4.79 Å². The molecule has 0 aromatic carbocycles. The third kappa shape index (κ3) is 3.15. The Bertz CT molecular complexity index is 396. The van der Waals surface area contributed by atoms with Gasteiger partial charge in [0.2, 0.25) is 5.91 Å². The zero-order valence-electron chi connectivity index (χ0n) is 9.44. The summed E-state index contributed by atoms with van der Waals surface area (Å²) < 4.78 is 5.19. The third-order valence-electron chi connectivity index (χ3n) is 2.74. The number of hydrogen-bond donors (Lipinski definition) is 2. The van der Waals surface area contributed by atoms with Crippen molar-refractivity contribution in [3.05, 3.63) is 23.5 Å². The van der Waals surface area contributed by atoms with E-state index >= 15 is 0 Å². The van der Waals surface area contributed by atoms with Crippen LogP contribution in [0.3, 0.4) is 0 Å². The molecule has 1 aliphatic rings. The van der Waals surface area contributed by atoms with E-state index in [1.807, 2.05) is 0 Å². The van der Waals surface area contributed by atoms with Crippen molar-refractivity contribution >= 4 is 23.2 Å². The number of ether oxygens (including phenoxy) is 1. The Hall–Kier alpha value is -1.17. The van der Waals surface area contributed by atoms with Gasteiger partial charge in [-0.1, -0.05) is 11.6 Å². The van der Waals surface area contributed by atoms with Crippen molar-refractivity contribution in [3.8, 4) is 0 Å². The van der Waals surface area contributed by atoms with Gasteiger partial charge in [-0.2, -0.15) is 0 Å². The Morgan fingerprint density at radius 3 is 3.06 bits per heavy atom. The van der Waals surface area contributed by atoms with Gasteiger partial charge >= 0.3 is 0 Å². The van der Waals surface area contributed by atoms with Gasteiger partial charge in [-0.25, -0.2) is 4.98 Å². The second kappa shape index (κ2) is 5.44. The number of anilines is 1. The monoisotopic (exact) mass is 255 g/mol. The molecular weight excluding hydrogens is 242 g/mol. The van der Waals surface area contributed by atoms with Gasteiger partial charge in [0.05, 0.1) is 24.0 Å². The average molecular weight is 256 g/mol. The van der Waals surface area contributed by atoms with Crippen molar-refractivity contribution in [2.24, 2.45) is 0 Å². The number of nitrogens with zero attached hydrogens (tertiary/aromatic N) is 1. The first-order valence-electron chi connectivity index (χ1n) is 5.37. The summed E-state index contributed by atoms with van der Waals surface area (Å²) in [6.07, 6.45) is 2.32. The first kappa shape index (κ1) is 12.3. The van der Waals surface area contributed by atoms with Crippen molar-refractivity contribution in [1.29, 1.82) is 0 Å². The number of halogens is 1. The first-order chi connectivity index (χ1) is 8.19. The number of pyridine rings is 1. The van der Waals surface area contributed by atoms with Crippen LogP contribution >= 0.6 is 11.6 Å². The van der Waals surface area contributed by atoms with Crippen LogP contribution in [0.25, 0.3) is 0 Å². The Balaban J connectivity index is 1.91. The van der Waals surface area contributed by atoms with E-state index in [4.69, 9.17) is 16.3 Å². The van der Waals surface area contributed by atoms with Gasteiger partial charge in [-0.05, 0) is 18.6 Å². The number of carbonyl (C=O) groups excluding carboxylic acids is 1. The molecule has 1 aliphatic heterocycles. The molecular formula is C11H14ClN3O2. The molecule has 2 atom stereocenters. The maximum atomic E-state index is 11.9. The molecule has 6 heteroatoms. The summed E-state index contributed by atoms with van der Waals surface area (Å²) in [5.41, 5.74) is 0.641. The van der Waals surface area contributed by atoms with Crippen LogP contribution in [0.4, 0.5) is 5.69 Å². The number of aromatic nitrogens is 1. The lowest BCUT2D eigenvalue weighted by Gasteiger charge is -2.10. The Labute approximate surface area is 105 Å². The first-order valence-corrected chi connectivity index (χ1v) is 5.75. The molecule has 0 radical (unpaired) electrons. The van der Waals surface area contributed by atoms with Crippen molar-refractivity contribution in [1.82, 2.24) is 10.3 Å². The topological polar surface area (TPSA) is 63.2 Å². The minimum Gasteiger partial charge on any atom is -0.380 e. The molecule has 2 rings (SSSR count). The molecule has 5 nitrogen and oxygen atoms in total. The number of carbonyl (C=O) groups is 1. The van der Waals surface area contributed by atoms with Crippen LogP contribution in [0.1, 0.15) is 6.42 Å². The largest absolute Gasteiger partial charge is 0.380 e. The van der Waals surface area contributed by atoms with E-state index in [2.05, 4.69) is 15.6 Å². The third-order valence-corrected chi connectivity index (χ3v) is 2.96. The number of amides is 1. The summed E-state index contributed by atoms with van der Waals surface area (Å²) in [7, 11) is 1.65. The Kier molecular flexibility index (Phi) is 3.93. The van der Waals surface area contributed by atoms with Crippen LogP contribution in [0, 0.1) is 0 Å². The van der Waals surface area contributed by atoms with Crippen molar-refractivity contribution in [3.63, 3.8) is 0 Å². The van der Waals surface area contributed by atoms with Crippen LogP contribution in [0.5, 0.6) is 0 Å². The molecule has 0 spiro atoms. The van der Waals surface area contributed by atoms with E-state index in [0.717, 1.165) is 0 Å². The molecule has 1 saturated heterocycles.